The van der Waals surface area contributed by atoms with Gasteiger partial charge in [0.25, 0.3) is 0 Å². The Morgan fingerprint density at radius 2 is 1.80 bits per heavy atom. The molecule has 0 radical (unpaired) electrons. The summed E-state index contributed by atoms with van der Waals surface area (Å²) in [4.78, 5) is 0. The Labute approximate surface area is 124 Å². The monoisotopic (exact) mass is 277 g/mol. The summed E-state index contributed by atoms with van der Waals surface area (Å²) in [6, 6.07) is 11.1. The first-order chi connectivity index (χ1) is 9.67. The molecule has 0 heterocycles. The van der Waals surface area contributed by atoms with Gasteiger partial charge < -0.3 is 10.4 Å². The number of hydrogen-bond acceptors (Lipinski definition) is 2. The summed E-state index contributed by atoms with van der Waals surface area (Å²) in [5, 5.41) is 12.9. The van der Waals surface area contributed by atoms with E-state index in [1.54, 1.807) is 0 Å². The van der Waals surface area contributed by atoms with Gasteiger partial charge in [-0.15, -0.1) is 0 Å². The van der Waals surface area contributed by atoms with Gasteiger partial charge in [0.05, 0.1) is 0 Å². The maximum absolute atomic E-state index is 9.16. The fraction of sp³-hybridized carbons (Fsp3) is 0.667. The molecule has 1 aromatic rings. The van der Waals surface area contributed by atoms with E-state index < -0.39 is 0 Å². The first-order valence-corrected chi connectivity index (χ1v) is 8.06. The van der Waals surface area contributed by atoms with Crippen molar-refractivity contribution in [1.29, 1.82) is 0 Å². The molecule has 114 valence electrons. The van der Waals surface area contributed by atoms with Gasteiger partial charge in [-0.25, -0.2) is 0 Å². The van der Waals surface area contributed by atoms with Crippen LogP contribution in [0.25, 0.3) is 0 Å². The first-order valence-electron chi connectivity index (χ1n) is 8.06. The Morgan fingerprint density at radius 3 is 2.35 bits per heavy atom. The lowest BCUT2D eigenvalue weighted by Crippen LogP contribution is -2.29. The van der Waals surface area contributed by atoms with E-state index in [4.69, 9.17) is 5.11 Å². The van der Waals surface area contributed by atoms with Crippen molar-refractivity contribution in [2.45, 2.75) is 52.5 Å². The Morgan fingerprint density at radius 1 is 1.10 bits per heavy atom. The predicted molar refractivity (Wildman–Crippen MR) is 86.7 cm³/mol. The largest absolute Gasteiger partial charge is 0.396 e. The molecule has 2 atom stereocenters. The zero-order valence-corrected chi connectivity index (χ0v) is 13.3. The number of rotatable bonds is 10. The molecular weight excluding hydrogens is 246 g/mol. The van der Waals surface area contributed by atoms with Gasteiger partial charge in [-0.05, 0) is 43.2 Å². The summed E-state index contributed by atoms with van der Waals surface area (Å²) < 4.78 is 0. The molecule has 1 rings (SSSR count). The highest BCUT2D eigenvalue weighted by atomic mass is 16.3. The van der Waals surface area contributed by atoms with Crippen molar-refractivity contribution in [1.82, 2.24) is 5.32 Å². The summed E-state index contributed by atoms with van der Waals surface area (Å²) in [6.07, 6.45) is 4.44. The molecule has 0 aliphatic heterocycles. The molecule has 0 bridgehead atoms. The van der Waals surface area contributed by atoms with E-state index in [2.05, 4.69) is 56.4 Å². The minimum absolute atomic E-state index is 0.298. The molecule has 0 fully saturated rings. The molecule has 0 saturated carbocycles. The average Bonchev–Trinajstić information content (AvgIpc) is 2.44. The second kappa shape index (κ2) is 9.95. The molecule has 0 aromatic heterocycles. The number of benzene rings is 1. The third kappa shape index (κ3) is 6.53. The molecule has 2 heteroatoms. The molecular formula is C18H31NO. The van der Waals surface area contributed by atoms with E-state index in [-0.39, 0.29) is 0 Å². The van der Waals surface area contributed by atoms with Crippen molar-refractivity contribution in [2.75, 3.05) is 13.2 Å². The summed E-state index contributed by atoms with van der Waals surface area (Å²) in [5.41, 5.74) is 1.38. The van der Waals surface area contributed by atoms with Gasteiger partial charge in [0, 0.05) is 12.6 Å². The maximum Gasteiger partial charge on any atom is 0.0434 e. The van der Waals surface area contributed by atoms with Crippen LogP contribution in [0, 0.1) is 11.8 Å². The standard InChI is InChI=1S/C18H31NO/c1-4-8-16(11-12-20)14-19-18(13-15(2)3)17-9-6-5-7-10-17/h5-7,9-10,15-16,18-20H,4,8,11-14H2,1-3H3. The fourth-order valence-corrected chi connectivity index (χ4v) is 2.74. The van der Waals surface area contributed by atoms with Gasteiger partial charge in [-0.2, -0.15) is 0 Å². The van der Waals surface area contributed by atoms with Gasteiger partial charge in [0.1, 0.15) is 0 Å². The lowest BCUT2D eigenvalue weighted by Gasteiger charge is -2.24. The van der Waals surface area contributed by atoms with E-state index in [1.807, 2.05) is 0 Å². The second-order valence-electron chi connectivity index (χ2n) is 6.17. The Hall–Kier alpha value is -0.860. The molecule has 0 aliphatic carbocycles. The maximum atomic E-state index is 9.16. The number of hydrogen-bond donors (Lipinski definition) is 2. The van der Waals surface area contributed by atoms with E-state index in [0.717, 1.165) is 19.4 Å². The van der Waals surface area contributed by atoms with Gasteiger partial charge in [-0.1, -0.05) is 57.5 Å². The number of nitrogens with one attached hydrogen (secondary N) is 1. The van der Waals surface area contributed by atoms with Crippen LogP contribution in [0.2, 0.25) is 0 Å². The molecule has 0 spiro atoms. The molecule has 1 aromatic carbocycles. The molecule has 20 heavy (non-hydrogen) atoms. The van der Waals surface area contributed by atoms with Crippen molar-refractivity contribution in [3.8, 4) is 0 Å². The van der Waals surface area contributed by atoms with Gasteiger partial charge >= 0.3 is 0 Å². The van der Waals surface area contributed by atoms with Crippen molar-refractivity contribution in [3.05, 3.63) is 35.9 Å². The predicted octanol–water partition coefficient (Wildman–Crippen LogP) is 4.16. The van der Waals surface area contributed by atoms with Crippen LogP contribution in [-0.2, 0) is 0 Å². The van der Waals surface area contributed by atoms with E-state index >= 15 is 0 Å². The topological polar surface area (TPSA) is 32.3 Å². The average molecular weight is 277 g/mol. The quantitative estimate of drug-likeness (QED) is 0.673. The summed E-state index contributed by atoms with van der Waals surface area (Å²) in [6.45, 7) is 8.06. The van der Waals surface area contributed by atoms with E-state index in [0.29, 0.717) is 24.5 Å². The normalized spacial score (nSPS) is 14.4. The summed E-state index contributed by atoms with van der Waals surface area (Å²) >= 11 is 0. The highest BCUT2D eigenvalue weighted by Crippen LogP contribution is 2.22. The Kier molecular flexibility index (Phi) is 8.56. The molecule has 0 amide bonds. The van der Waals surface area contributed by atoms with Crippen molar-refractivity contribution >= 4 is 0 Å². The minimum Gasteiger partial charge on any atom is -0.396 e. The minimum atomic E-state index is 0.298. The van der Waals surface area contributed by atoms with Crippen LogP contribution in [0.3, 0.4) is 0 Å². The van der Waals surface area contributed by atoms with Crippen LogP contribution in [0.1, 0.15) is 58.1 Å². The lowest BCUT2D eigenvalue weighted by molar-refractivity contribution is 0.243. The Balaban J connectivity index is 2.60. The van der Waals surface area contributed by atoms with Crippen molar-refractivity contribution in [3.63, 3.8) is 0 Å². The van der Waals surface area contributed by atoms with Crippen LogP contribution in [0.4, 0.5) is 0 Å². The van der Waals surface area contributed by atoms with Crippen LogP contribution in [0.5, 0.6) is 0 Å². The van der Waals surface area contributed by atoms with E-state index in [1.165, 1.54) is 18.4 Å². The van der Waals surface area contributed by atoms with Crippen LogP contribution in [0.15, 0.2) is 30.3 Å². The summed E-state index contributed by atoms with van der Waals surface area (Å²) in [5.74, 6) is 1.26. The molecule has 0 saturated heterocycles. The third-order valence-corrected chi connectivity index (χ3v) is 3.80. The molecule has 0 aliphatic rings. The third-order valence-electron chi connectivity index (χ3n) is 3.80. The molecule has 2 nitrogen and oxygen atoms in total. The highest BCUT2D eigenvalue weighted by Gasteiger charge is 2.15. The van der Waals surface area contributed by atoms with Gasteiger partial charge in [0.2, 0.25) is 0 Å². The summed E-state index contributed by atoms with van der Waals surface area (Å²) in [7, 11) is 0. The SMILES string of the molecule is CCCC(CCO)CNC(CC(C)C)c1ccccc1. The Bertz CT molecular complexity index is 331. The van der Waals surface area contributed by atoms with Gasteiger partial charge in [0.15, 0.2) is 0 Å². The van der Waals surface area contributed by atoms with Crippen LogP contribution >= 0.6 is 0 Å². The van der Waals surface area contributed by atoms with Crippen molar-refractivity contribution in [2.24, 2.45) is 11.8 Å². The van der Waals surface area contributed by atoms with Crippen LogP contribution in [-0.4, -0.2) is 18.3 Å². The van der Waals surface area contributed by atoms with Crippen LogP contribution < -0.4 is 5.32 Å². The first kappa shape index (κ1) is 17.2. The highest BCUT2D eigenvalue weighted by molar-refractivity contribution is 5.18. The van der Waals surface area contributed by atoms with Gasteiger partial charge in [-0.3, -0.25) is 0 Å². The number of aliphatic hydroxyl groups is 1. The zero-order chi connectivity index (χ0) is 14.8. The second-order valence-corrected chi connectivity index (χ2v) is 6.17. The smallest absolute Gasteiger partial charge is 0.0434 e. The zero-order valence-electron chi connectivity index (χ0n) is 13.3. The van der Waals surface area contributed by atoms with Crippen molar-refractivity contribution < 1.29 is 5.11 Å². The molecule has 2 N–H and O–H groups in total. The lowest BCUT2D eigenvalue weighted by atomic mass is 9.95. The number of aliphatic hydroxyl groups excluding tert-OH is 1. The molecule has 2 unspecified atom stereocenters. The fourth-order valence-electron chi connectivity index (χ4n) is 2.74. The van der Waals surface area contributed by atoms with E-state index in [9.17, 15) is 0 Å².